The number of carbonyl (C=O) groups is 2. The van der Waals surface area contributed by atoms with Crippen LogP contribution in [0.1, 0.15) is 112 Å². The summed E-state index contributed by atoms with van der Waals surface area (Å²) in [7, 11) is 0. The minimum Gasteiger partial charge on any atom is -0.465 e. The normalized spacial score (nSPS) is 25.7. The van der Waals surface area contributed by atoms with E-state index in [1.54, 1.807) is 0 Å². The first-order chi connectivity index (χ1) is 15.0. The van der Waals surface area contributed by atoms with Gasteiger partial charge in [-0.1, -0.05) is 73.1 Å². The van der Waals surface area contributed by atoms with Crippen LogP contribution in [0.25, 0.3) is 0 Å². The molecule has 0 radical (unpaired) electrons. The monoisotopic (exact) mass is 439 g/mol. The second-order valence-electron chi connectivity index (χ2n) is 9.43. The van der Waals surface area contributed by atoms with Crippen molar-refractivity contribution < 1.29 is 19.1 Å². The Kier molecular flexibility index (Phi) is 14.1. The summed E-state index contributed by atoms with van der Waals surface area (Å²) in [6, 6.07) is 0. The number of hydrogen-bond acceptors (Lipinski definition) is 5. The highest BCUT2D eigenvalue weighted by atomic mass is 16.5. The lowest BCUT2D eigenvalue weighted by atomic mass is 9.75. The second-order valence-corrected chi connectivity index (χ2v) is 9.43. The quantitative estimate of drug-likeness (QED) is 0.323. The molecule has 0 amide bonds. The summed E-state index contributed by atoms with van der Waals surface area (Å²) in [6.07, 6.45) is 11.0. The first kappa shape index (κ1) is 27.9. The van der Waals surface area contributed by atoms with Crippen molar-refractivity contribution >= 4 is 11.9 Å². The van der Waals surface area contributed by atoms with Crippen LogP contribution in [0.3, 0.4) is 0 Å². The van der Waals surface area contributed by atoms with Gasteiger partial charge in [0.05, 0.1) is 19.1 Å². The molecule has 5 heteroatoms. The fourth-order valence-corrected chi connectivity index (χ4v) is 4.67. The predicted octanol–water partition coefficient (Wildman–Crippen LogP) is 6.14. The van der Waals surface area contributed by atoms with Crippen LogP contribution >= 0.6 is 0 Å². The van der Waals surface area contributed by atoms with E-state index in [-0.39, 0.29) is 17.9 Å². The molecule has 0 spiro atoms. The molecule has 1 aliphatic rings. The van der Waals surface area contributed by atoms with E-state index in [4.69, 9.17) is 9.47 Å². The van der Waals surface area contributed by atoms with Gasteiger partial charge in [0, 0.05) is 0 Å². The highest BCUT2D eigenvalue weighted by Gasteiger charge is 2.54. The Morgan fingerprint density at radius 1 is 0.903 bits per heavy atom. The van der Waals surface area contributed by atoms with Crippen molar-refractivity contribution in [2.24, 2.45) is 11.8 Å². The van der Waals surface area contributed by atoms with Gasteiger partial charge in [0.2, 0.25) is 0 Å². The minimum absolute atomic E-state index is 0.194. The first-order valence-corrected chi connectivity index (χ1v) is 13.1. The number of carbonyl (C=O) groups excluding carboxylic acids is 2. The lowest BCUT2D eigenvalue weighted by Gasteiger charge is -2.46. The summed E-state index contributed by atoms with van der Waals surface area (Å²) >= 11 is 0. The molecule has 0 bridgehead atoms. The highest BCUT2D eigenvalue weighted by molar-refractivity contribution is 5.89. The Morgan fingerprint density at radius 3 is 2.10 bits per heavy atom. The molecule has 1 fully saturated rings. The number of nitrogens with zero attached hydrogens (tertiary/aromatic N) is 1. The Hall–Kier alpha value is -1.10. The van der Waals surface area contributed by atoms with Gasteiger partial charge in [-0.25, -0.2) is 0 Å². The second kappa shape index (κ2) is 15.7. The third-order valence-electron chi connectivity index (χ3n) is 6.68. The van der Waals surface area contributed by atoms with Crippen LogP contribution in [0.5, 0.6) is 0 Å². The molecule has 31 heavy (non-hydrogen) atoms. The van der Waals surface area contributed by atoms with Crippen molar-refractivity contribution in [3.8, 4) is 0 Å². The predicted molar refractivity (Wildman–Crippen MR) is 127 cm³/mol. The third kappa shape index (κ3) is 8.40. The van der Waals surface area contributed by atoms with Crippen molar-refractivity contribution in [2.75, 3.05) is 26.3 Å². The summed E-state index contributed by atoms with van der Waals surface area (Å²) in [5.41, 5.74) is -0.920. The van der Waals surface area contributed by atoms with Crippen LogP contribution in [0.2, 0.25) is 0 Å². The molecule has 0 aromatic heterocycles. The number of unbranched alkanes of at least 4 members (excludes halogenated alkanes) is 4. The van der Waals surface area contributed by atoms with Crippen LogP contribution in [0, 0.1) is 11.8 Å². The van der Waals surface area contributed by atoms with Crippen molar-refractivity contribution in [1.29, 1.82) is 0 Å². The Labute approximate surface area is 191 Å². The molecule has 0 aromatic rings. The Balaban J connectivity index is 3.54. The van der Waals surface area contributed by atoms with E-state index >= 15 is 0 Å². The lowest BCUT2D eigenvalue weighted by molar-refractivity contribution is -0.175. The average molecular weight is 440 g/mol. The fraction of sp³-hybridized carbons (Fsp3) is 0.923. The van der Waals surface area contributed by atoms with Gasteiger partial charge in [-0.05, 0) is 57.5 Å². The van der Waals surface area contributed by atoms with Gasteiger partial charge in [-0.3, -0.25) is 14.5 Å². The summed E-state index contributed by atoms with van der Waals surface area (Å²) in [6.45, 7) is 13.3. The van der Waals surface area contributed by atoms with E-state index in [2.05, 4.69) is 39.5 Å². The molecule has 1 rings (SSSR count). The number of rotatable bonds is 13. The Morgan fingerprint density at radius 2 is 1.52 bits per heavy atom. The van der Waals surface area contributed by atoms with Crippen LogP contribution in [0.15, 0.2) is 0 Å². The molecule has 0 N–H and O–H groups in total. The molecular formula is C26H49NO4. The van der Waals surface area contributed by atoms with Gasteiger partial charge in [-0.2, -0.15) is 0 Å². The van der Waals surface area contributed by atoms with Gasteiger partial charge < -0.3 is 9.47 Å². The smallest absolute Gasteiger partial charge is 0.327 e. The van der Waals surface area contributed by atoms with Crippen LogP contribution in [-0.4, -0.2) is 48.7 Å². The topological polar surface area (TPSA) is 55.8 Å². The molecule has 1 heterocycles. The lowest BCUT2D eigenvalue weighted by Crippen LogP contribution is -2.62. The standard InChI is InChI=1S/C26H49NO4/c1-6-10-16-23-24(28)30-20-14-15-22(5)21-31-25(29)26(23,17-11-7-2)27(18-12-8-3)19-13-9-4/h22-23H,6-21H2,1-5H3/t22?,23?,26-/m0/s1. The van der Waals surface area contributed by atoms with Crippen molar-refractivity contribution in [3.63, 3.8) is 0 Å². The van der Waals surface area contributed by atoms with Gasteiger partial charge in [0.1, 0.15) is 5.54 Å². The molecule has 0 saturated carbocycles. The van der Waals surface area contributed by atoms with Crippen molar-refractivity contribution in [1.82, 2.24) is 4.90 Å². The number of cyclic esters (lactones) is 2. The van der Waals surface area contributed by atoms with E-state index in [0.717, 1.165) is 77.3 Å². The zero-order valence-corrected chi connectivity index (χ0v) is 21.0. The maximum Gasteiger partial charge on any atom is 0.327 e. The fourth-order valence-electron chi connectivity index (χ4n) is 4.67. The zero-order valence-electron chi connectivity index (χ0n) is 21.0. The van der Waals surface area contributed by atoms with E-state index < -0.39 is 11.5 Å². The summed E-state index contributed by atoms with van der Waals surface area (Å²) in [4.78, 5) is 29.7. The van der Waals surface area contributed by atoms with Crippen molar-refractivity contribution in [3.05, 3.63) is 0 Å². The summed E-state index contributed by atoms with van der Waals surface area (Å²) < 4.78 is 11.8. The van der Waals surface area contributed by atoms with Crippen LogP contribution in [-0.2, 0) is 19.1 Å². The molecule has 0 aliphatic carbocycles. The van der Waals surface area contributed by atoms with Gasteiger partial charge >= 0.3 is 11.9 Å². The first-order valence-electron chi connectivity index (χ1n) is 13.1. The van der Waals surface area contributed by atoms with E-state index in [1.807, 2.05) is 0 Å². The number of hydrogen-bond donors (Lipinski definition) is 0. The molecule has 182 valence electrons. The van der Waals surface area contributed by atoms with E-state index in [1.165, 1.54) is 0 Å². The average Bonchev–Trinajstić information content (AvgIpc) is 2.78. The van der Waals surface area contributed by atoms with Gasteiger partial charge in [0.25, 0.3) is 0 Å². The van der Waals surface area contributed by atoms with Crippen LogP contribution < -0.4 is 0 Å². The van der Waals surface area contributed by atoms with E-state index in [9.17, 15) is 9.59 Å². The highest BCUT2D eigenvalue weighted by Crippen LogP contribution is 2.38. The van der Waals surface area contributed by atoms with Gasteiger partial charge in [0.15, 0.2) is 0 Å². The Bertz CT molecular complexity index is 502. The summed E-state index contributed by atoms with van der Waals surface area (Å²) in [5, 5.41) is 0. The molecular weight excluding hydrogens is 390 g/mol. The summed E-state index contributed by atoms with van der Waals surface area (Å²) in [5.74, 6) is -0.582. The van der Waals surface area contributed by atoms with Crippen molar-refractivity contribution in [2.45, 2.75) is 117 Å². The maximum absolute atomic E-state index is 13.9. The largest absolute Gasteiger partial charge is 0.465 e. The molecule has 1 saturated heterocycles. The van der Waals surface area contributed by atoms with Crippen LogP contribution in [0.4, 0.5) is 0 Å². The van der Waals surface area contributed by atoms with E-state index in [0.29, 0.717) is 26.1 Å². The third-order valence-corrected chi connectivity index (χ3v) is 6.68. The number of ether oxygens (including phenoxy) is 2. The number of esters is 2. The molecule has 0 aromatic carbocycles. The maximum atomic E-state index is 13.9. The SMILES string of the molecule is CCCCC1C(=O)OCCCC(C)COC(=O)[C@@]1(CCCC)N(CCCC)CCCC. The molecule has 2 unspecified atom stereocenters. The molecule has 5 nitrogen and oxygen atoms in total. The minimum atomic E-state index is -0.920. The van der Waals surface area contributed by atoms with Gasteiger partial charge in [-0.15, -0.1) is 0 Å². The molecule has 3 atom stereocenters. The zero-order chi connectivity index (χ0) is 23.1. The molecule has 1 aliphatic heterocycles.